The summed E-state index contributed by atoms with van der Waals surface area (Å²) in [6, 6.07) is 45.6. The van der Waals surface area contributed by atoms with Gasteiger partial charge in [-0.15, -0.1) is 0 Å². The first kappa shape index (κ1) is 31.4. The summed E-state index contributed by atoms with van der Waals surface area (Å²) in [4.78, 5) is 0. The van der Waals surface area contributed by atoms with Crippen LogP contribution in [0.15, 0.2) is 132 Å². The smallest absolute Gasteiger partial charge is 1.00 e. The third kappa shape index (κ3) is 4.21. The molecule has 48 heavy (non-hydrogen) atoms. The normalized spacial score (nSPS) is 17.9. The Bertz CT molecular complexity index is 2340. The molecule has 230 valence electrons. The number of hydrogen-bond acceptors (Lipinski definition) is 0. The van der Waals surface area contributed by atoms with E-state index >= 15 is 0 Å². The van der Waals surface area contributed by atoms with Crippen LogP contribution in [0.2, 0.25) is 0 Å². The SMILES string of the molecule is [CH2]=[Zr+2]([CH]1C(C2=C(C)c3cccc4cccc2c34)=Cc2ccccc21)[CH]1C(C2=C(C)c3cccc4cccc2c34)=Cc2ccccc21.[Cl-].[Cl-]. The summed E-state index contributed by atoms with van der Waals surface area (Å²) in [5.41, 5.74) is 20.0. The molecule has 0 bridgehead atoms. The second kappa shape index (κ2) is 11.6. The molecule has 0 nitrogen and oxygen atoms in total. The first-order valence-corrected chi connectivity index (χ1v) is 20.9. The van der Waals surface area contributed by atoms with Crippen LogP contribution in [0.1, 0.15) is 65.6 Å². The molecule has 0 heterocycles. The number of hydrogen-bond donors (Lipinski definition) is 0. The van der Waals surface area contributed by atoms with Gasteiger partial charge in [-0.05, 0) is 0 Å². The van der Waals surface area contributed by atoms with Crippen LogP contribution in [0.3, 0.4) is 0 Å². The van der Waals surface area contributed by atoms with Crippen LogP contribution in [0.5, 0.6) is 0 Å². The van der Waals surface area contributed by atoms with Gasteiger partial charge in [-0.25, -0.2) is 0 Å². The zero-order valence-electron chi connectivity index (χ0n) is 26.8. The van der Waals surface area contributed by atoms with Crippen LogP contribution in [0, 0.1) is 0 Å². The van der Waals surface area contributed by atoms with Crippen molar-refractivity contribution < 1.29 is 46.1 Å². The van der Waals surface area contributed by atoms with Crippen molar-refractivity contribution in [1.82, 2.24) is 0 Å². The fourth-order valence-electron chi connectivity index (χ4n) is 9.19. The van der Waals surface area contributed by atoms with Crippen LogP contribution in [0.4, 0.5) is 0 Å². The maximum absolute atomic E-state index is 5.36. The molecule has 0 saturated heterocycles. The van der Waals surface area contributed by atoms with Gasteiger partial charge in [0.1, 0.15) is 0 Å². The molecule has 0 saturated carbocycles. The van der Waals surface area contributed by atoms with Crippen LogP contribution in [-0.4, -0.2) is 4.21 Å². The zero-order valence-corrected chi connectivity index (χ0v) is 30.8. The standard InChI is InChI=1S/2C22H15.CH2.2ClH.Zr/c2*1-14-19-10-4-8-15-9-5-11-20(22(15)19)21(14)18-12-16-6-2-3-7-17(16)13-18;;;;/h2*2-13H,1H3;1H2;2*1H;/q;;;;;+2/p-2. The minimum atomic E-state index is -2.68. The van der Waals surface area contributed by atoms with Gasteiger partial charge in [-0.3, -0.25) is 0 Å². The zero-order chi connectivity index (χ0) is 30.7. The van der Waals surface area contributed by atoms with Gasteiger partial charge in [0.05, 0.1) is 0 Å². The molecule has 0 spiro atoms. The second-order valence-corrected chi connectivity index (χ2v) is 19.0. The van der Waals surface area contributed by atoms with E-state index in [-0.39, 0.29) is 24.8 Å². The Kier molecular flexibility index (Phi) is 7.61. The molecule has 0 amide bonds. The Hall–Kier alpha value is -3.87. The Morgan fingerprint density at radius 1 is 0.458 bits per heavy atom. The summed E-state index contributed by atoms with van der Waals surface area (Å²) in [5.74, 6) is 0. The van der Waals surface area contributed by atoms with E-state index in [4.69, 9.17) is 4.21 Å². The number of fused-ring (bicyclic) bond motifs is 2. The number of halogens is 2. The summed E-state index contributed by atoms with van der Waals surface area (Å²) in [7, 11) is 0. The minimum absolute atomic E-state index is 0. The molecule has 0 N–H and O–H groups in total. The van der Waals surface area contributed by atoms with Crippen LogP contribution < -0.4 is 24.8 Å². The van der Waals surface area contributed by atoms with Crippen molar-refractivity contribution >= 4 is 60.2 Å². The largest absolute Gasteiger partial charge is 1.00 e. The Balaban J connectivity index is 0.00000168. The predicted molar refractivity (Wildman–Crippen MR) is 194 cm³/mol. The van der Waals surface area contributed by atoms with Crippen molar-refractivity contribution in [2.75, 3.05) is 0 Å². The van der Waals surface area contributed by atoms with Crippen molar-refractivity contribution in [3.63, 3.8) is 0 Å². The van der Waals surface area contributed by atoms with E-state index in [1.807, 2.05) is 0 Å². The van der Waals surface area contributed by atoms with Gasteiger partial charge >= 0.3 is 280 Å². The Labute approximate surface area is 302 Å². The summed E-state index contributed by atoms with van der Waals surface area (Å²) in [6.45, 7) is 4.69. The number of benzene rings is 6. The summed E-state index contributed by atoms with van der Waals surface area (Å²) < 4.78 is 6.07. The van der Waals surface area contributed by atoms with Crippen LogP contribution >= 0.6 is 0 Å². The summed E-state index contributed by atoms with van der Waals surface area (Å²) >= 11 is -2.68. The van der Waals surface area contributed by atoms with Gasteiger partial charge in [0.25, 0.3) is 0 Å². The molecule has 3 heteroatoms. The molecule has 0 aromatic heterocycles. The number of allylic oxidation sites excluding steroid dienone is 6. The van der Waals surface area contributed by atoms with Gasteiger partial charge in [0.2, 0.25) is 0 Å². The molecular formula is C45H32Cl2Zr. The topological polar surface area (TPSA) is 0 Å². The fraction of sp³-hybridized carbons (Fsp3) is 0.0889. The van der Waals surface area contributed by atoms with Gasteiger partial charge in [-0.2, -0.15) is 0 Å². The molecule has 0 fully saturated rings. The fourth-order valence-corrected chi connectivity index (χ4v) is 16.3. The average molecular weight is 735 g/mol. The maximum Gasteiger partial charge on any atom is -1.00 e. The van der Waals surface area contributed by atoms with Crippen molar-refractivity contribution in [3.8, 4) is 0 Å². The molecule has 0 aliphatic heterocycles. The molecule has 6 aromatic rings. The van der Waals surface area contributed by atoms with E-state index in [2.05, 4.69) is 147 Å². The Morgan fingerprint density at radius 2 is 0.833 bits per heavy atom. The molecule has 0 radical (unpaired) electrons. The van der Waals surface area contributed by atoms with Crippen LogP contribution in [-0.2, 0) is 21.3 Å². The predicted octanol–water partition coefficient (Wildman–Crippen LogP) is 5.52. The van der Waals surface area contributed by atoms with E-state index in [0.717, 1.165) is 0 Å². The quantitative estimate of drug-likeness (QED) is 0.224. The van der Waals surface area contributed by atoms with Gasteiger partial charge in [0, 0.05) is 0 Å². The van der Waals surface area contributed by atoms with Gasteiger partial charge in [0.15, 0.2) is 0 Å². The molecular weight excluding hydrogens is 703 g/mol. The van der Waals surface area contributed by atoms with Crippen molar-refractivity contribution in [3.05, 3.63) is 177 Å². The van der Waals surface area contributed by atoms with E-state index in [1.165, 1.54) is 99.5 Å². The molecule has 10 rings (SSSR count). The second-order valence-electron chi connectivity index (χ2n) is 13.3. The van der Waals surface area contributed by atoms with E-state index in [1.54, 1.807) is 0 Å². The first-order valence-electron chi connectivity index (χ1n) is 16.4. The van der Waals surface area contributed by atoms with Crippen LogP contribution in [0.25, 0.3) is 56.0 Å². The molecule has 6 aromatic carbocycles. The maximum atomic E-state index is 5.36. The van der Waals surface area contributed by atoms with Crippen molar-refractivity contribution in [2.45, 2.75) is 21.1 Å². The Morgan fingerprint density at radius 3 is 1.25 bits per heavy atom. The third-order valence-electron chi connectivity index (χ3n) is 11.1. The monoisotopic (exact) mass is 732 g/mol. The first-order chi connectivity index (χ1) is 22.6. The average Bonchev–Trinajstić information content (AvgIpc) is 3.81. The van der Waals surface area contributed by atoms with Crippen molar-refractivity contribution in [1.29, 1.82) is 0 Å². The number of rotatable bonds is 4. The third-order valence-corrected chi connectivity index (χ3v) is 17.8. The summed E-state index contributed by atoms with van der Waals surface area (Å²) in [6.07, 6.45) is 5.05. The molecule has 4 aliphatic rings. The van der Waals surface area contributed by atoms with Crippen molar-refractivity contribution in [2.24, 2.45) is 0 Å². The van der Waals surface area contributed by atoms with E-state index < -0.39 is 21.3 Å². The summed E-state index contributed by atoms with van der Waals surface area (Å²) in [5, 5.41) is 5.48. The van der Waals surface area contributed by atoms with Gasteiger partial charge < -0.3 is 24.8 Å². The molecule has 4 aliphatic carbocycles. The minimum Gasteiger partial charge on any atom is -1.00 e. The molecule has 2 unspecified atom stereocenters. The van der Waals surface area contributed by atoms with E-state index in [9.17, 15) is 0 Å². The van der Waals surface area contributed by atoms with Gasteiger partial charge in [-0.1, -0.05) is 0 Å². The van der Waals surface area contributed by atoms with E-state index in [0.29, 0.717) is 7.25 Å². The molecule has 2 atom stereocenters.